The maximum atomic E-state index is 14.4. The van der Waals surface area contributed by atoms with Crippen LogP contribution in [-0.2, 0) is 14.3 Å². The number of Topliss-reactive ketones (excluding diaryl/α,β-unsaturated/α-hetero) is 1. The first kappa shape index (κ1) is 25.2. The van der Waals surface area contributed by atoms with Crippen LogP contribution in [0, 0.1) is 11.8 Å². The maximum Gasteiger partial charge on any atom is 0.249 e. The highest BCUT2D eigenvalue weighted by molar-refractivity contribution is 5.99. The van der Waals surface area contributed by atoms with Gasteiger partial charge in [0.1, 0.15) is 12.6 Å². The number of nitrogens with two attached hydrogens (primary N) is 1. The van der Waals surface area contributed by atoms with Crippen molar-refractivity contribution in [1.82, 2.24) is 9.80 Å². The third-order valence-electron chi connectivity index (χ3n) is 8.87. The molecule has 0 unspecified atom stereocenters. The fourth-order valence-corrected chi connectivity index (χ4v) is 6.96. The third-order valence-corrected chi connectivity index (χ3v) is 8.87. The van der Waals surface area contributed by atoms with Crippen LogP contribution in [0.1, 0.15) is 67.3 Å². The molecular formula is C28H40N4O4. The summed E-state index contributed by atoms with van der Waals surface area (Å²) in [5.41, 5.74) is 8.05. The first-order valence-corrected chi connectivity index (χ1v) is 13.7. The van der Waals surface area contributed by atoms with Crippen molar-refractivity contribution in [2.24, 2.45) is 17.6 Å². The lowest BCUT2D eigenvalue weighted by Gasteiger charge is -2.35. The summed E-state index contributed by atoms with van der Waals surface area (Å²) in [4.78, 5) is 46.3. The van der Waals surface area contributed by atoms with Crippen LogP contribution in [0.25, 0.3) is 0 Å². The van der Waals surface area contributed by atoms with Crippen molar-refractivity contribution in [1.29, 1.82) is 0 Å². The number of likely N-dealkylation sites (tertiary alicyclic amines) is 1. The molecule has 3 aliphatic heterocycles. The van der Waals surface area contributed by atoms with Gasteiger partial charge in [-0.25, -0.2) is 0 Å². The maximum absolute atomic E-state index is 14.4. The second kappa shape index (κ2) is 10.5. The molecule has 4 aliphatic rings. The van der Waals surface area contributed by atoms with E-state index in [1.54, 1.807) is 11.0 Å². The molecule has 3 saturated heterocycles. The summed E-state index contributed by atoms with van der Waals surface area (Å²) >= 11 is 0. The topological polar surface area (TPSA) is 96.2 Å². The summed E-state index contributed by atoms with van der Waals surface area (Å²) in [5.74, 6) is -0.705. The molecule has 2 N–H and O–H groups in total. The average molecular weight is 497 g/mol. The van der Waals surface area contributed by atoms with Crippen LogP contribution in [0.2, 0.25) is 0 Å². The van der Waals surface area contributed by atoms with Crippen LogP contribution >= 0.6 is 0 Å². The molecule has 36 heavy (non-hydrogen) atoms. The van der Waals surface area contributed by atoms with Gasteiger partial charge in [-0.1, -0.05) is 26.2 Å². The molecule has 4 fully saturated rings. The number of ether oxygens (including phenoxy) is 1. The predicted molar refractivity (Wildman–Crippen MR) is 138 cm³/mol. The number of piperazine rings is 1. The van der Waals surface area contributed by atoms with E-state index in [-0.39, 0.29) is 36.2 Å². The zero-order valence-corrected chi connectivity index (χ0v) is 21.7. The minimum Gasteiger partial charge on any atom is -0.369 e. The first-order valence-electron chi connectivity index (χ1n) is 13.7. The third kappa shape index (κ3) is 4.65. The number of carbonyl (C=O) groups excluding carboxylic acids is 3. The number of benzene rings is 1. The van der Waals surface area contributed by atoms with Crippen molar-refractivity contribution in [3.05, 3.63) is 29.3 Å². The number of nitrogens with zero attached hydrogens (tertiary/aromatic N) is 3. The van der Waals surface area contributed by atoms with Crippen LogP contribution in [0.4, 0.5) is 5.69 Å². The van der Waals surface area contributed by atoms with Crippen LogP contribution in [0.5, 0.6) is 0 Å². The first-order chi connectivity index (χ1) is 17.4. The molecule has 0 radical (unpaired) electrons. The summed E-state index contributed by atoms with van der Waals surface area (Å²) in [6.07, 6.45) is 5.74. The van der Waals surface area contributed by atoms with Gasteiger partial charge in [-0.15, -0.1) is 0 Å². The van der Waals surface area contributed by atoms with Crippen LogP contribution < -0.4 is 10.6 Å². The summed E-state index contributed by atoms with van der Waals surface area (Å²) in [7, 11) is 2.12. The van der Waals surface area contributed by atoms with Gasteiger partial charge < -0.3 is 25.2 Å². The Labute approximate surface area is 214 Å². The molecule has 8 heteroatoms. The van der Waals surface area contributed by atoms with E-state index in [9.17, 15) is 14.4 Å². The number of amides is 2. The number of anilines is 1. The molecule has 1 aliphatic carbocycles. The molecule has 0 aromatic heterocycles. The quantitative estimate of drug-likeness (QED) is 0.623. The van der Waals surface area contributed by atoms with E-state index in [4.69, 9.17) is 10.5 Å². The Balaban J connectivity index is 1.53. The normalized spacial score (nSPS) is 28.1. The highest BCUT2D eigenvalue weighted by atomic mass is 16.5. The molecule has 196 valence electrons. The molecule has 0 bridgehead atoms. The number of carbonyl (C=O) groups is 3. The second-order valence-electron chi connectivity index (χ2n) is 11.2. The lowest BCUT2D eigenvalue weighted by atomic mass is 9.80. The van der Waals surface area contributed by atoms with Gasteiger partial charge in [0.2, 0.25) is 11.8 Å². The zero-order valence-electron chi connectivity index (χ0n) is 21.7. The minimum absolute atomic E-state index is 0.00145. The molecule has 1 aromatic carbocycles. The number of likely N-dealkylation sites (N-methyl/N-ethyl adjacent to an activating group) is 1. The van der Waals surface area contributed by atoms with E-state index >= 15 is 0 Å². The number of ketones is 1. The largest absolute Gasteiger partial charge is 0.369 e. The highest BCUT2D eigenvalue weighted by Crippen LogP contribution is 2.44. The van der Waals surface area contributed by atoms with Gasteiger partial charge in [0.25, 0.3) is 0 Å². The van der Waals surface area contributed by atoms with E-state index in [2.05, 4.69) is 23.8 Å². The number of hydrogen-bond acceptors (Lipinski definition) is 6. The Morgan fingerprint density at radius 3 is 2.53 bits per heavy atom. The van der Waals surface area contributed by atoms with E-state index in [1.165, 1.54) is 0 Å². The summed E-state index contributed by atoms with van der Waals surface area (Å²) < 4.78 is 5.89. The van der Waals surface area contributed by atoms with Gasteiger partial charge in [-0.05, 0) is 56.0 Å². The van der Waals surface area contributed by atoms with Crippen LogP contribution in [0.15, 0.2) is 18.2 Å². The fraction of sp³-hybridized carbons (Fsp3) is 0.679. The van der Waals surface area contributed by atoms with Crippen LogP contribution in [-0.4, -0.2) is 85.9 Å². The smallest absolute Gasteiger partial charge is 0.249 e. The van der Waals surface area contributed by atoms with Gasteiger partial charge in [0.15, 0.2) is 5.78 Å². The molecular weight excluding hydrogens is 456 g/mol. The Bertz CT molecular complexity index is 999. The van der Waals surface area contributed by atoms with Gasteiger partial charge >= 0.3 is 0 Å². The van der Waals surface area contributed by atoms with Crippen molar-refractivity contribution in [2.75, 3.05) is 51.3 Å². The molecule has 4 atom stereocenters. The van der Waals surface area contributed by atoms with Crippen molar-refractivity contribution in [3.63, 3.8) is 0 Å². The van der Waals surface area contributed by atoms with Crippen molar-refractivity contribution < 1.29 is 19.1 Å². The highest BCUT2D eigenvalue weighted by Gasteiger charge is 2.53. The molecule has 1 aromatic rings. The van der Waals surface area contributed by atoms with Crippen LogP contribution in [0.3, 0.4) is 0 Å². The Morgan fingerprint density at radius 1 is 1.14 bits per heavy atom. The predicted octanol–water partition coefficient (Wildman–Crippen LogP) is 2.41. The standard InChI is InChI=1S/C28H40N4O4/c1-3-6-19-16-32(25-23(33)17-36-26(19)25)28(35)24(18-7-4-5-8-18)22-15-20(9-10-21(22)27(29)34)31-13-11-30(2)12-14-31/h9-10,15,18-19,24-26H,3-8,11-14,16-17H2,1-2H3,(H2,29,34)/t19-,24-,25+,26+/m0/s1. The Morgan fingerprint density at radius 2 is 1.86 bits per heavy atom. The molecule has 0 spiro atoms. The number of hydrogen-bond donors (Lipinski definition) is 1. The lowest BCUT2D eigenvalue weighted by Crippen LogP contribution is -2.46. The van der Waals surface area contributed by atoms with E-state index in [0.29, 0.717) is 12.1 Å². The van der Waals surface area contributed by atoms with E-state index in [0.717, 1.165) is 76.0 Å². The van der Waals surface area contributed by atoms with Gasteiger partial charge in [-0.3, -0.25) is 14.4 Å². The van der Waals surface area contributed by atoms with Crippen molar-refractivity contribution in [2.45, 2.75) is 63.5 Å². The average Bonchev–Trinajstić information content (AvgIpc) is 3.60. The molecule has 5 rings (SSSR count). The lowest BCUT2D eigenvalue weighted by molar-refractivity contribution is -0.138. The van der Waals surface area contributed by atoms with Gasteiger partial charge in [0.05, 0.1) is 12.0 Å². The molecule has 2 amide bonds. The summed E-state index contributed by atoms with van der Waals surface area (Å²) in [6.45, 7) is 6.48. The number of rotatable bonds is 7. The molecule has 8 nitrogen and oxygen atoms in total. The second-order valence-corrected chi connectivity index (χ2v) is 11.2. The fourth-order valence-electron chi connectivity index (χ4n) is 6.96. The number of fused-ring (bicyclic) bond motifs is 1. The Hall–Kier alpha value is -2.45. The zero-order chi connectivity index (χ0) is 25.4. The minimum atomic E-state index is -0.505. The van der Waals surface area contributed by atoms with Crippen molar-refractivity contribution >= 4 is 23.3 Å². The number of primary amides is 1. The van der Waals surface area contributed by atoms with E-state index in [1.807, 2.05) is 12.1 Å². The SMILES string of the molecule is CCC[C@H]1CN(C(=O)[C@H](c2cc(N3CCN(C)CC3)ccc2C(N)=O)C2CCCC2)[C@@H]2C(=O)CO[C@H]12. The summed E-state index contributed by atoms with van der Waals surface area (Å²) in [5, 5.41) is 0. The van der Waals surface area contributed by atoms with Gasteiger partial charge in [-0.2, -0.15) is 0 Å². The summed E-state index contributed by atoms with van der Waals surface area (Å²) in [6, 6.07) is 5.30. The molecule has 1 saturated carbocycles. The molecule has 3 heterocycles. The monoisotopic (exact) mass is 496 g/mol. The van der Waals surface area contributed by atoms with Crippen molar-refractivity contribution in [3.8, 4) is 0 Å². The van der Waals surface area contributed by atoms with Gasteiger partial charge in [0, 0.05) is 49.9 Å². The Kier molecular flexibility index (Phi) is 7.35. The van der Waals surface area contributed by atoms with E-state index < -0.39 is 17.9 Å².